The number of piperidine rings is 2. The van der Waals surface area contributed by atoms with Crippen molar-refractivity contribution < 1.29 is 9.53 Å². The number of fused-ring (bicyclic) bond motifs is 2. The summed E-state index contributed by atoms with van der Waals surface area (Å²) in [7, 11) is 0. The molecular weight excluding hydrogens is 394 g/mol. The molecule has 2 aromatic carbocycles. The molecule has 0 unspecified atom stereocenters. The molecule has 2 atom stereocenters. The van der Waals surface area contributed by atoms with E-state index in [-0.39, 0.29) is 5.91 Å². The van der Waals surface area contributed by atoms with E-state index in [1.807, 2.05) is 30.3 Å². The van der Waals surface area contributed by atoms with Gasteiger partial charge in [0, 0.05) is 32.6 Å². The molecule has 0 N–H and O–H groups in total. The minimum Gasteiger partial charge on any atom is -0.431 e. The largest absolute Gasteiger partial charge is 0.431 e. The highest BCUT2D eigenvalue weighted by atomic mass is 32.1. The number of rotatable bonds is 4. The lowest BCUT2D eigenvalue weighted by molar-refractivity contribution is -0.136. The van der Waals surface area contributed by atoms with Gasteiger partial charge in [-0.3, -0.25) is 9.69 Å². The molecule has 1 amide bonds. The van der Waals surface area contributed by atoms with E-state index >= 15 is 0 Å². The second kappa shape index (κ2) is 8.36. The predicted octanol–water partition coefficient (Wildman–Crippen LogP) is 4.92. The fraction of sp³-hybridized carbons (Fsp3) is 0.417. The summed E-state index contributed by atoms with van der Waals surface area (Å²) in [6.45, 7) is 5.63. The number of nitrogens with zero attached hydrogens (tertiary/aromatic N) is 3. The van der Waals surface area contributed by atoms with Crippen LogP contribution in [-0.4, -0.2) is 46.4 Å². The second-order valence-electron chi connectivity index (χ2n) is 8.40. The Hall–Kier alpha value is -2.44. The zero-order valence-electron chi connectivity index (χ0n) is 17.3. The number of carbonyl (C=O) groups excluding carboxylic acids is 1. The standard InChI is InChI=1S/C24H27N3O2S/c1-17(28)27-13-4-5-19-12-14-26(16-22(19)27)15-18-8-10-20(11-9-18)29-24-25-21-6-2-3-7-23(21)30-24/h2-3,6-11,19,22H,4-5,12-16H2,1H3/t19-,22+/m1/s1. The Kier molecular flexibility index (Phi) is 5.44. The Morgan fingerprint density at radius 2 is 1.97 bits per heavy atom. The van der Waals surface area contributed by atoms with Gasteiger partial charge in [-0.2, -0.15) is 0 Å². The van der Waals surface area contributed by atoms with Gasteiger partial charge in [-0.05, 0) is 61.6 Å². The van der Waals surface area contributed by atoms with Gasteiger partial charge in [0.2, 0.25) is 5.91 Å². The first-order valence-electron chi connectivity index (χ1n) is 10.8. The topological polar surface area (TPSA) is 45.7 Å². The molecule has 0 aliphatic carbocycles. The molecule has 156 valence electrons. The van der Waals surface area contributed by atoms with Crippen molar-refractivity contribution in [1.82, 2.24) is 14.8 Å². The molecule has 6 heteroatoms. The number of hydrogen-bond donors (Lipinski definition) is 0. The third-order valence-corrected chi connectivity index (χ3v) is 7.31. The van der Waals surface area contributed by atoms with Crippen molar-refractivity contribution in [3.63, 3.8) is 0 Å². The van der Waals surface area contributed by atoms with Crippen molar-refractivity contribution in [2.24, 2.45) is 5.92 Å². The van der Waals surface area contributed by atoms with E-state index in [0.717, 1.165) is 48.6 Å². The van der Waals surface area contributed by atoms with Gasteiger partial charge < -0.3 is 9.64 Å². The van der Waals surface area contributed by atoms with Gasteiger partial charge in [0.25, 0.3) is 5.19 Å². The molecule has 0 bridgehead atoms. The maximum atomic E-state index is 12.1. The first-order chi connectivity index (χ1) is 14.7. The lowest BCUT2D eigenvalue weighted by atomic mass is 9.83. The summed E-state index contributed by atoms with van der Waals surface area (Å²) in [5, 5.41) is 0.674. The minimum absolute atomic E-state index is 0.225. The monoisotopic (exact) mass is 421 g/mol. The summed E-state index contributed by atoms with van der Waals surface area (Å²) in [5.74, 6) is 1.71. The minimum atomic E-state index is 0.225. The van der Waals surface area contributed by atoms with Crippen LogP contribution in [0.4, 0.5) is 0 Å². The number of ether oxygens (including phenoxy) is 1. The van der Waals surface area contributed by atoms with Crippen LogP contribution in [0.1, 0.15) is 31.7 Å². The number of thiazole rings is 1. The second-order valence-corrected chi connectivity index (χ2v) is 9.39. The summed E-state index contributed by atoms with van der Waals surface area (Å²) in [6.07, 6.45) is 3.60. The molecule has 5 nitrogen and oxygen atoms in total. The summed E-state index contributed by atoms with van der Waals surface area (Å²) in [5.41, 5.74) is 2.25. The molecule has 5 rings (SSSR count). The SMILES string of the molecule is CC(=O)N1CCC[C@@H]2CCN(Cc3ccc(Oc4nc5ccccc5s4)cc3)C[C@@H]21. The molecule has 1 aromatic heterocycles. The molecule has 2 aliphatic heterocycles. The normalized spacial score (nSPS) is 22.1. The van der Waals surface area contributed by atoms with E-state index < -0.39 is 0 Å². The zero-order chi connectivity index (χ0) is 20.5. The molecule has 30 heavy (non-hydrogen) atoms. The third kappa shape index (κ3) is 4.07. The number of para-hydroxylation sites is 1. The fourth-order valence-electron chi connectivity index (χ4n) is 4.88. The number of aromatic nitrogens is 1. The Balaban J connectivity index is 1.22. The molecule has 2 saturated heterocycles. The lowest BCUT2D eigenvalue weighted by Gasteiger charge is -2.47. The third-order valence-electron chi connectivity index (χ3n) is 6.39. The number of benzene rings is 2. The number of amides is 1. The Bertz CT molecular complexity index is 999. The number of hydrogen-bond acceptors (Lipinski definition) is 5. The molecule has 2 fully saturated rings. The Labute approximate surface area is 181 Å². The van der Waals surface area contributed by atoms with Gasteiger partial charge in [0.15, 0.2) is 0 Å². The maximum Gasteiger partial charge on any atom is 0.279 e. The van der Waals surface area contributed by atoms with Crippen LogP contribution in [0, 0.1) is 5.92 Å². The molecular formula is C24H27N3O2S. The summed E-state index contributed by atoms with van der Waals surface area (Å²) < 4.78 is 7.10. The van der Waals surface area contributed by atoms with E-state index in [2.05, 4.69) is 33.0 Å². The molecule has 0 spiro atoms. The van der Waals surface area contributed by atoms with Crippen LogP contribution in [0.5, 0.6) is 10.9 Å². The van der Waals surface area contributed by atoms with Crippen LogP contribution in [0.3, 0.4) is 0 Å². The molecule has 0 radical (unpaired) electrons. The van der Waals surface area contributed by atoms with E-state index in [9.17, 15) is 4.79 Å². The van der Waals surface area contributed by atoms with Crippen molar-refractivity contribution in [2.75, 3.05) is 19.6 Å². The average molecular weight is 422 g/mol. The highest BCUT2D eigenvalue weighted by Crippen LogP contribution is 2.33. The summed E-state index contributed by atoms with van der Waals surface area (Å²) in [4.78, 5) is 21.2. The summed E-state index contributed by atoms with van der Waals surface area (Å²) >= 11 is 1.56. The van der Waals surface area contributed by atoms with Gasteiger partial charge in [-0.15, -0.1) is 0 Å². The molecule has 2 aliphatic rings. The summed E-state index contributed by atoms with van der Waals surface area (Å²) in [6, 6.07) is 16.8. The van der Waals surface area contributed by atoms with Crippen molar-refractivity contribution in [3.05, 3.63) is 54.1 Å². The molecule has 0 saturated carbocycles. The average Bonchev–Trinajstić information content (AvgIpc) is 3.17. The Morgan fingerprint density at radius 1 is 1.13 bits per heavy atom. The van der Waals surface area contributed by atoms with Crippen LogP contribution < -0.4 is 4.74 Å². The van der Waals surface area contributed by atoms with Crippen molar-refractivity contribution >= 4 is 27.5 Å². The van der Waals surface area contributed by atoms with Gasteiger partial charge in [0.05, 0.1) is 10.2 Å². The first-order valence-corrected chi connectivity index (χ1v) is 11.6. The predicted molar refractivity (Wildman–Crippen MR) is 120 cm³/mol. The van der Waals surface area contributed by atoms with Crippen LogP contribution >= 0.6 is 11.3 Å². The Morgan fingerprint density at radius 3 is 2.77 bits per heavy atom. The van der Waals surface area contributed by atoms with Crippen LogP contribution in [0.25, 0.3) is 10.2 Å². The smallest absolute Gasteiger partial charge is 0.279 e. The highest BCUT2D eigenvalue weighted by molar-refractivity contribution is 7.20. The maximum absolute atomic E-state index is 12.1. The van der Waals surface area contributed by atoms with Gasteiger partial charge >= 0.3 is 0 Å². The van der Waals surface area contributed by atoms with Crippen molar-refractivity contribution in [1.29, 1.82) is 0 Å². The zero-order valence-corrected chi connectivity index (χ0v) is 18.1. The lowest BCUT2D eigenvalue weighted by Crippen LogP contribution is -2.56. The van der Waals surface area contributed by atoms with E-state index in [1.54, 1.807) is 18.3 Å². The van der Waals surface area contributed by atoms with E-state index in [4.69, 9.17) is 4.74 Å². The van der Waals surface area contributed by atoms with Gasteiger partial charge in [-0.1, -0.05) is 35.6 Å². The first kappa shape index (κ1) is 19.5. The van der Waals surface area contributed by atoms with Crippen molar-refractivity contribution in [2.45, 2.75) is 38.8 Å². The molecule has 3 aromatic rings. The number of carbonyl (C=O) groups is 1. The number of likely N-dealkylation sites (tertiary alicyclic amines) is 2. The van der Waals surface area contributed by atoms with Gasteiger partial charge in [0.1, 0.15) is 5.75 Å². The molecule has 3 heterocycles. The fourth-order valence-corrected chi connectivity index (χ4v) is 5.71. The van der Waals surface area contributed by atoms with Crippen LogP contribution in [0.15, 0.2) is 48.5 Å². The van der Waals surface area contributed by atoms with Crippen LogP contribution in [-0.2, 0) is 11.3 Å². The van der Waals surface area contributed by atoms with Crippen molar-refractivity contribution in [3.8, 4) is 10.9 Å². The van der Waals surface area contributed by atoms with Gasteiger partial charge in [-0.25, -0.2) is 4.98 Å². The van der Waals surface area contributed by atoms with E-state index in [0.29, 0.717) is 17.2 Å². The quantitative estimate of drug-likeness (QED) is 0.600. The highest BCUT2D eigenvalue weighted by Gasteiger charge is 2.37. The van der Waals surface area contributed by atoms with Crippen LogP contribution in [0.2, 0.25) is 0 Å². The van der Waals surface area contributed by atoms with E-state index in [1.165, 1.54) is 18.4 Å².